The van der Waals surface area contributed by atoms with Crippen LogP contribution in [0.3, 0.4) is 0 Å². The van der Waals surface area contributed by atoms with Gasteiger partial charge >= 0.3 is 5.69 Å². The molecule has 2 aromatic heterocycles. The molecule has 7 rings (SSSR count). The molecule has 0 radical (unpaired) electrons. The van der Waals surface area contributed by atoms with Crippen molar-refractivity contribution in [1.29, 1.82) is 0 Å². The fourth-order valence-electron chi connectivity index (χ4n) is 7.57. The van der Waals surface area contributed by atoms with Gasteiger partial charge in [-0.3, -0.25) is 24.3 Å². The Bertz CT molecular complexity index is 1320. The highest BCUT2D eigenvalue weighted by molar-refractivity contribution is 6.30. The number of benzene rings is 1. The molecule has 4 bridgehead atoms. The predicted octanol–water partition coefficient (Wildman–Crippen LogP) is 5.32. The van der Waals surface area contributed by atoms with E-state index in [2.05, 4.69) is 15.5 Å². The molecule has 1 amide bonds. The number of halogens is 1. The lowest BCUT2D eigenvalue weighted by atomic mass is 9.46. The lowest BCUT2D eigenvalue weighted by Gasteiger charge is -2.61. The number of nitrogens with zero attached hydrogens (tertiary/aromatic N) is 5. The Kier molecular flexibility index (Phi) is 5.44. The van der Waals surface area contributed by atoms with Crippen molar-refractivity contribution in [2.75, 3.05) is 5.32 Å². The van der Waals surface area contributed by atoms with Crippen LogP contribution in [0.4, 0.5) is 11.5 Å². The molecular weight excluding hydrogens is 480 g/mol. The number of carbonyl (C=O) groups is 1. The molecule has 2 atom stereocenters. The predicted molar refractivity (Wildman–Crippen MR) is 135 cm³/mol. The number of anilines is 1. The number of nitro groups is 1. The van der Waals surface area contributed by atoms with E-state index in [-0.39, 0.29) is 27.5 Å². The van der Waals surface area contributed by atoms with E-state index in [1.54, 1.807) is 6.20 Å². The van der Waals surface area contributed by atoms with Gasteiger partial charge in [0.1, 0.15) is 12.4 Å². The van der Waals surface area contributed by atoms with Gasteiger partial charge in [-0.05, 0) is 80.4 Å². The molecule has 4 aliphatic rings. The molecule has 188 valence electrons. The largest absolute Gasteiger partial charge is 0.309 e. The summed E-state index contributed by atoms with van der Waals surface area (Å²) in [6.45, 7) is 2.58. The van der Waals surface area contributed by atoms with E-state index in [0.717, 1.165) is 43.4 Å². The van der Waals surface area contributed by atoms with Gasteiger partial charge in [0.2, 0.25) is 5.91 Å². The van der Waals surface area contributed by atoms with Gasteiger partial charge in [-0.25, -0.2) is 0 Å². The van der Waals surface area contributed by atoms with Gasteiger partial charge in [0, 0.05) is 23.2 Å². The van der Waals surface area contributed by atoms with E-state index in [1.807, 2.05) is 46.6 Å². The first-order valence-electron chi connectivity index (χ1n) is 12.5. The first-order valence-corrected chi connectivity index (χ1v) is 12.9. The second-order valence-electron chi connectivity index (χ2n) is 11.3. The molecule has 3 aromatic rings. The summed E-state index contributed by atoms with van der Waals surface area (Å²) in [7, 11) is 0. The Balaban J connectivity index is 1.17. The van der Waals surface area contributed by atoms with Crippen LogP contribution < -0.4 is 5.32 Å². The van der Waals surface area contributed by atoms with Crippen LogP contribution in [-0.4, -0.2) is 30.4 Å². The fraction of sp³-hybridized carbons (Fsp3) is 0.500. The van der Waals surface area contributed by atoms with Crippen molar-refractivity contribution in [2.24, 2.45) is 17.3 Å². The van der Waals surface area contributed by atoms with E-state index >= 15 is 0 Å². The summed E-state index contributed by atoms with van der Waals surface area (Å²) in [5, 5.41) is 24.0. The molecule has 2 unspecified atom stereocenters. The van der Waals surface area contributed by atoms with Crippen LogP contribution in [-0.2, 0) is 16.9 Å². The minimum absolute atomic E-state index is 0.0188. The number of aryl methyl sites for hydroxylation is 1. The van der Waals surface area contributed by atoms with Gasteiger partial charge in [-0.15, -0.1) is 0 Å². The summed E-state index contributed by atoms with van der Waals surface area (Å²) < 4.78 is 3.72. The van der Waals surface area contributed by atoms with Gasteiger partial charge in [-0.2, -0.15) is 10.2 Å². The van der Waals surface area contributed by atoms with Crippen molar-refractivity contribution in [1.82, 2.24) is 19.6 Å². The summed E-state index contributed by atoms with van der Waals surface area (Å²) in [5.41, 5.74) is 1.75. The highest BCUT2D eigenvalue weighted by Gasteiger charge is 2.59. The zero-order chi connectivity index (χ0) is 25.1. The topological polar surface area (TPSA) is 108 Å². The summed E-state index contributed by atoms with van der Waals surface area (Å²) in [6.07, 6.45) is 9.43. The van der Waals surface area contributed by atoms with Crippen LogP contribution in [0, 0.1) is 34.3 Å². The normalized spacial score (nSPS) is 28.4. The summed E-state index contributed by atoms with van der Waals surface area (Å²) in [6, 6.07) is 9.56. The van der Waals surface area contributed by atoms with Crippen LogP contribution in [0.2, 0.25) is 5.02 Å². The third-order valence-corrected chi connectivity index (χ3v) is 8.70. The molecule has 4 saturated carbocycles. The molecule has 0 saturated heterocycles. The maximum Gasteiger partial charge on any atom is 0.307 e. The quantitative estimate of drug-likeness (QED) is 0.343. The molecule has 0 spiro atoms. The zero-order valence-corrected chi connectivity index (χ0v) is 20.9. The second-order valence-corrected chi connectivity index (χ2v) is 11.7. The number of aromatic nitrogens is 4. The highest BCUT2D eigenvalue weighted by Crippen LogP contribution is 2.65. The van der Waals surface area contributed by atoms with E-state index < -0.39 is 0 Å². The zero-order valence-electron chi connectivity index (χ0n) is 20.2. The third kappa shape index (κ3) is 4.19. The van der Waals surface area contributed by atoms with Gasteiger partial charge < -0.3 is 5.32 Å². The van der Waals surface area contributed by atoms with E-state index in [0.29, 0.717) is 35.6 Å². The van der Waals surface area contributed by atoms with E-state index in [1.165, 1.54) is 12.6 Å². The third-order valence-electron chi connectivity index (χ3n) is 8.45. The molecule has 2 heterocycles. The SMILES string of the molecule is Cc1cc(NC(=O)CC23CC4CC(C2)CC(n2cc([N+](=O)[O-])cn2)(C4)C3)nn1Cc1ccc(Cl)cc1. The van der Waals surface area contributed by atoms with Crippen LogP contribution >= 0.6 is 11.6 Å². The molecule has 0 aliphatic heterocycles. The van der Waals surface area contributed by atoms with Crippen molar-refractivity contribution in [2.45, 2.75) is 64.0 Å². The van der Waals surface area contributed by atoms with Gasteiger partial charge in [0.25, 0.3) is 0 Å². The number of rotatable bonds is 7. The van der Waals surface area contributed by atoms with E-state index in [9.17, 15) is 14.9 Å². The Morgan fingerprint density at radius 2 is 1.94 bits per heavy atom. The van der Waals surface area contributed by atoms with Crippen LogP contribution in [0.25, 0.3) is 0 Å². The van der Waals surface area contributed by atoms with Gasteiger partial charge in [0.05, 0.1) is 17.0 Å². The molecule has 9 nitrogen and oxygen atoms in total. The average Bonchev–Trinajstić information content (AvgIpc) is 3.42. The molecule has 1 aromatic carbocycles. The lowest BCUT2D eigenvalue weighted by Crippen LogP contribution is -2.57. The standard InChI is InChI=1S/C26H29ClN6O3/c1-17-6-23(30-31(17)14-18-2-4-21(27)5-3-18)29-24(34)12-25-8-19-7-20(9-25)11-26(10-19,16-25)32-15-22(13-28-32)33(35)36/h2-6,13,15,19-20H,7-12,14,16H2,1H3,(H,29,30,34). The first-order chi connectivity index (χ1) is 17.2. The minimum atomic E-state index is -0.388. The van der Waals surface area contributed by atoms with Crippen molar-refractivity contribution in [3.63, 3.8) is 0 Å². The Morgan fingerprint density at radius 1 is 1.22 bits per heavy atom. The van der Waals surface area contributed by atoms with Crippen LogP contribution in [0.5, 0.6) is 0 Å². The van der Waals surface area contributed by atoms with Crippen LogP contribution in [0.15, 0.2) is 42.7 Å². The average molecular weight is 509 g/mol. The van der Waals surface area contributed by atoms with Crippen molar-refractivity contribution in [3.05, 3.63) is 69.1 Å². The van der Waals surface area contributed by atoms with E-state index in [4.69, 9.17) is 11.6 Å². The summed E-state index contributed by atoms with van der Waals surface area (Å²) in [4.78, 5) is 24.1. The maximum absolute atomic E-state index is 13.3. The Labute approximate surface area is 214 Å². The minimum Gasteiger partial charge on any atom is -0.309 e. The molecular formula is C26H29ClN6O3. The summed E-state index contributed by atoms with van der Waals surface area (Å²) >= 11 is 5.99. The number of amides is 1. The lowest BCUT2D eigenvalue weighted by molar-refractivity contribution is -0.385. The smallest absolute Gasteiger partial charge is 0.307 e. The van der Waals surface area contributed by atoms with Crippen LogP contribution in [0.1, 0.15) is 56.2 Å². The molecule has 36 heavy (non-hydrogen) atoms. The second kappa shape index (κ2) is 8.44. The first kappa shape index (κ1) is 23.2. The number of carbonyl (C=O) groups excluding carboxylic acids is 1. The molecule has 4 fully saturated rings. The monoisotopic (exact) mass is 508 g/mol. The Hall–Kier alpha value is -3.20. The van der Waals surface area contributed by atoms with Gasteiger partial charge in [0.15, 0.2) is 5.82 Å². The summed E-state index contributed by atoms with van der Waals surface area (Å²) in [5.74, 6) is 1.61. The Morgan fingerprint density at radius 3 is 2.61 bits per heavy atom. The fourth-order valence-corrected chi connectivity index (χ4v) is 7.69. The van der Waals surface area contributed by atoms with Crippen molar-refractivity contribution in [3.8, 4) is 0 Å². The molecule has 10 heteroatoms. The molecule has 4 aliphatic carbocycles. The van der Waals surface area contributed by atoms with Crippen molar-refractivity contribution < 1.29 is 9.72 Å². The van der Waals surface area contributed by atoms with Crippen molar-refractivity contribution >= 4 is 29.0 Å². The maximum atomic E-state index is 13.3. The van der Waals surface area contributed by atoms with Gasteiger partial charge in [-0.1, -0.05) is 23.7 Å². The number of nitrogens with one attached hydrogen (secondary N) is 1. The highest BCUT2D eigenvalue weighted by atomic mass is 35.5. The number of hydrogen-bond acceptors (Lipinski definition) is 5. The molecule has 1 N–H and O–H groups in total. The number of hydrogen-bond donors (Lipinski definition) is 1.